The van der Waals surface area contributed by atoms with Gasteiger partial charge in [-0.15, -0.1) is 10.2 Å². The van der Waals surface area contributed by atoms with Gasteiger partial charge in [-0.3, -0.25) is 9.59 Å². The first kappa shape index (κ1) is 25.6. The molecule has 0 aliphatic carbocycles. The van der Waals surface area contributed by atoms with Gasteiger partial charge in [-0.1, -0.05) is 50.9 Å². The summed E-state index contributed by atoms with van der Waals surface area (Å²) in [6, 6.07) is 8.05. The highest BCUT2D eigenvalue weighted by Crippen LogP contribution is 2.27. The Bertz CT molecular complexity index is 1220. The van der Waals surface area contributed by atoms with Crippen molar-refractivity contribution in [1.82, 2.24) is 20.1 Å². The maximum absolute atomic E-state index is 12.5. The molecule has 3 rings (SSSR count). The molecule has 0 radical (unpaired) electrons. The van der Waals surface area contributed by atoms with Crippen LogP contribution in [-0.4, -0.2) is 32.3 Å². The fourth-order valence-electron chi connectivity index (χ4n) is 3.05. The molecule has 0 unspecified atom stereocenters. The van der Waals surface area contributed by atoms with Crippen molar-refractivity contribution in [3.63, 3.8) is 0 Å². The van der Waals surface area contributed by atoms with Crippen LogP contribution in [0.2, 0.25) is 10.0 Å². The third-order valence-corrected chi connectivity index (χ3v) is 7.73. The third kappa shape index (κ3) is 6.09. The quantitative estimate of drug-likeness (QED) is 0.354. The van der Waals surface area contributed by atoms with Gasteiger partial charge in [0.15, 0.2) is 11.0 Å². The number of anilines is 1. The highest BCUT2D eigenvalue weighted by atomic mass is 79.9. The molecule has 0 spiro atoms. The molecule has 0 aliphatic rings. The van der Waals surface area contributed by atoms with Gasteiger partial charge in [0.1, 0.15) is 0 Å². The molecule has 7 nitrogen and oxygen atoms in total. The number of hydrogen-bond donors (Lipinski definition) is 2. The molecule has 33 heavy (non-hydrogen) atoms. The number of rotatable bonds is 7. The van der Waals surface area contributed by atoms with Crippen LogP contribution in [-0.2, 0) is 11.8 Å². The zero-order valence-electron chi connectivity index (χ0n) is 18.4. The number of carbonyl (C=O) groups is 2. The Morgan fingerprint density at radius 1 is 1.12 bits per heavy atom. The van der Waals surface area contributed by atoms with Crippen molar-refractivity contribution in [2.75, 3.05) is 11.1 Å². The number of nitrogens with one attached hydrogen (secondary N) is 2. The Kier molecular flexibility index (Phi) is 8.44. The maximum atomic E-state index is 12.5. The van der Waals surface area contributed by atoms with E-state index >= 15 is 0 Å². The Hall–Kier alpha value is -2.07. The van der Waals surface area contributed by atoms with E-state index in [0.717, 1.165) is 21.3 Å². The molecule has 0 bridgehead atoms. The smallest absolute Gasteiger partial charge is 0.251 e. The minimum Gasteiger partial charge on any atom is -0.342 e. The molecule has 3 aromatic rings. The zero-order chi connectivity index (χ0) is 24.3. The van der Waals surface area contributed by atoms with Crippen LogP contribution in [0.15, 0.2) is 40.0 Å². The van der Waals surface area contributed by atoms with Crippen LogP contribution in [0.25, 0.3) is 0 Å². The van der Waals surface area contributed by atoms with Crippen molar-refractivity contribution >= 4 is 68.4 Å². The highest BCUT2D eigenvalue weighted by Gasteiger charge is 2.19. The molecule has 1 aromatic heterocycles. The van der Waals surface area contributed by atoms with Gasteiger partial charge in [0.05, 0.1) is 21.8 Å². The first-order valence-corrected chi connectivity index (χ1v) is 12.5. The monoisotopic (exact) mass is 569 g/mol. The number of amides is 2. The van der Waals surface area contributed by atoms with Gasteiger partial charge >= 0.3 is 0 Å². The predicted octanol–water partition coefficient (Wildman–Crippen LogP) is 5.72. The number of thioether (sulfide) groups is 1. The first-order valence-electron chi connectivity index (χ1n) is 9.92. The Balaban J connectivity index is 1.60. The largest absolute Gasteiger partial charge is 0.342 e. The summed E-state index contributed by atoms with van der Waals surface area (Å²) in [6.07, 6.45) is 0. The summed E-state index contributed by atoms with van der Waals surface area (Å²) in [5.74, 6) is 0.281. The number of hydrogen-bond acceptors (Lipinski definition) is 5. The second-order valence-corrected chi connectivity index (χ2v) is 10.0. The topological polar surface area (TPSA) is 88.9 Å². The fraction of sp³-hybridized carbons (Fsp3) is 0.273. The average Bonchev–Trinajstić information content (AvgIpc) is 3.15. The van der Waals surface area contributed by atoms with Crippen LogP contribution in [0.4, 0.5) is 5.69 Å². The van der Waals surface area contributed by atoms with E-state index in [1.54, 1.807) is 30.7 Å². The van der Waals surface area contributed by atoms with E-state index in [9.17, 15) is 9.59 Å². The fourth-order valence-corrected chi connectivity index (χ4v) is 4.50. The molecular weight excluding hydrogens is 549 g/mol. The second-order valence-electron chi connectivity index (χ2n) is 7.41. The molecule has 2 aromatic carbocycles. The van der Waals surface area contributed by atoms with E-state index in [1.165, 1.54) is 17.8 Å². The van der Waals surface area contributed by atoms with Crippen molar-refractivity contribution in [3.8, 4) is 0 Å². The van der Waals surface area contributed by atoms with E-state index in [2.05, 4.69) is 36.8 Å². The summed E-state index contributed by atoms with van der Waals surface area (Å²) in [5.41, 5.74) is 3.26. The Morgan fingerprint density at radius 2 is 1.85 bits per heavy atom. The lowest BCUT2D eigenvalue weighted by Crippen LogP contribution is -2.28. The van der Waals surface area contributed by atoms with E-state index in [-0.39, 0.29) is 17.6 Å². The summed E-state index contributed by atoms with van der Waals surface area (Å²) in [7, 11) is 1.79. The average molecular weight is 571 g/mol. The SMILES string of the molecule is Cc1c(Br)ccc(NC(=O)CSc2nnc([C@@H](C)NC(=O)c3ccc(Cl)c(Cl)c3)n2C)c1C. The Labute approximate surface area is 214 Å². The van der Waals surface area contributed by atoms with E-state index in [0.29, 0.717) is 26.6 Å². The predicted molar refractivity (Wildman–Crippen MR) is 136 cm³/mol. The van der Waals surface area contributed by atoms with Gasteiger partial charge in [-0.2, -0.15) is 0 Å². The number of carbonyl (C=O) groups excluding carboxylic acids is 2. The summed E-state index contributed by atoms with van der Waals surface area (Å²) in [4.78, 5) is 25.0. The van der Waals surface area contributed by atoms with Gasteiger partial charge in [-0.05, 0) is 62.2 Å². The van der Waals surface area contributed by atoms with Crippen LogP contribution in [0.3, 0.4) is 0 Å². The molecule has 0 saturated carbocycles. The molecule has 2 N–H and O–H groups in total. The lowest BCUT2D eigenvalue weighted by molar-refractivity contribution is -0.113. The summed E-state index contributed by atoms with van der Waals surface area (Å²) in [6.45, 7) is 5.76. The number of aromatic nitrogens is 3. The van der Waals surface area contributed by atoms with Gasteiger partial charge in [0.2, 0.25) is 5.91 Å². The molecule has 1 heterocycles. The third-order valence-electron chi connectivity index (χ3n) is 5.11. The van der Waals surface area contributed by atoms with Crippen molar-refractivity contribution < 1.29 is 9.59 Å². The van der Waals surface area contributed by atoms with Crippen LogP contribution in [0.5, 0.6) is 0 Å². The van der Waals surface area contributed by atoms with Gasteiger partial charge in [0.25, 0.3) is 5.91 Å². The summed E-state index contributed by atoms with van der Waals surface area (Å²) in [5, 5.41) is 15.4. The number of nitrogens with zero attached hydrogens (tertiary/aromatic N) is 3. The lowest BCUT2D eigenvalue weighted by atomic mass is 10.1. The number of halogens is 3. The van der Waals surface area contributed by atoms with Crippen molar-refractivity contribution in [2.45, 2.75) is 32.0 Å². The normalized spacial score (nSPS) is 11.8. The summed E-state index contributed by atoms with van der Waals surface area (Å²) >= 11 is 16.7. The minimum atomic E-state index is -0.416. The van der Waals surface area contributed by atoms with E-state index in [4.69, 9.17) is 23.2 Å². The lowest BCUT2D eigenvalue weighted by Gasteiger charge is -2.14. The molecule has 174 valence electrons. The van der Waals surface area contributed by atoms with Gasteiger partial charge in [0, 0.05) is 22.8 Å². The maximum Gasteiger partial charge on any atom is 0.251 e. The van der Waals surface area contributed by atoms with Crippen LogP contribution >= 0.6 is 50.9 Å². The minimum absolute atomic E-state index is 0.143. The van der Waals surface area contributed by atoms with Crippen molar-refractivity contribution in [1.29, 1.82) is 0 Å². The van der Waals surface area contributed by atoms with Gasteiger partial charge in [-0.25, -0.2) is 0 Å². The second kappa shape index (κ2) is 10.9. The van der Waals surface area contributed by atoms with Crippen LogP contribution in [0, 0.1) is 13.8 Å². The first-order chi connectivity index (χ1) is 15.6. The van der Waals surface area contributed by atoms with Crippen molar-refractivity contribution in [3.05, 3.63) is 67.4 Å². The highest BCUT2D eigenvalue weighted by molar-refractivity contribution is 9.10. The van der Waals surface area contributed by atoms with Crippen LogP contribution < -0.4 is 10.6 Å². The van der Waals surface area contributed by atoms with E-state index in [1.807, 2.05) is 26.0 Å². The van der Waals surface area contributed by atoms with Crippen LogP contribution in [0.1, 0.15) is 40.3 Å². The molecule has 2 amide bonds. The van der Waals surface area contributed by atoms with Gasteiger partial charge < -0.3 is 15.2 Å². The molecule has 0 saturated heterocycles. The molecule has 11 heteroatoms. The van der Waals surface area contributed by atoms with E-state index < -0.39 is 6.04 Å². The Morgan fingerprint density at radius 3 is 2.55 bits per heavy atom. The standard InChI is InChI=1S/C22H22BrCl2N5O2S/c1-11-12(2)18(8-6-15(11)23)27-19(31)10-33-22-29-28-20(30(22)4)13(3)26-21(32)14-5-7-16(24)17(25)9-14/h5-9,13H,10H2,1-4H3,(H,26,32)(H,27,31)/t13-/m1/s1. The zero-order valence-corrected chi connectivity index (χ0v) is 22.3. The molecule has 0 fully saturated rings. The molecule has 0 aliphatic heterocycles. The number of benzene rings is 2. The summed E-state index contributed by atoms with van der Waals surface area (Å²) < 4.78 is 2.76. The molecule has 1 atom stereocenters. The van der Waals surface area contributed by atoms with Crippen molar-refractivity contribution in [2.24, 2.45) is 7.05 Å². The molecular formula is C22H22BrCl2N5O2S.